The zero-order valence-electron chi connectivity index (χ0n) is 12.7. The number of nitrogens with zero attached hydrogens (tertiary/aromatic N) is 5. The molecule has 8 nitrogen and oxygen atoms in total. The summed E-state index contributed by atoms with van der Waals surface area (Å²) in [7, 11) is 0. The highest BCUT2D eigenvalue weighted by Crippen LogP contribution is 2.20. The Kier molecular flexibility index (Phi) is 4.05. The van der Waals surface area contributed by atoms with E-state index in [0.29, 0.717) is 18.8 Å². The van der Waals surface area contributed by atoms with E-state index in [1.165, 1.54) is 4.80 Å². The smallest absolute Gasteiger partial charge is 0.308 e. The average molecular weight is 315 g/mol. The van der Waals surface area contributed by atoms with Crippen LogP contribution in [0.15, 0.2) is 30.3 Å². The number of tetrazole rings is 1. The average Bonchev–Trinajstić information content (AvgIpc) is 3.24. The van der Waals surface area contributed by atoms with Crippen molar-refractivity contribution in [1.29, 1.82) is 0 Å². The van der Waals surface area contributed by atoms with Gasteiger partial charge in [-0.2, -0.15) is 4.80 Å². The molecule has 2 heterocycles. The van der Waals surface area contributed by atoms with Gasteiger partial charge in [0.25, 0.3) is 0 Å². The first kappa shape index (κ1) is 15.1. The summed E-state index contributed by atoms with van der Waals surface area (Å²) in [4.78, 5) is 26.3. The van der Waals surface area contributed by atoms with Gasteiger partial charge >= 0.3 is 5.97 Å². The van der Waals surface area contributed by atoms with Crippen LogP contribution in [0.2, 0.25) is 0 Å². The maximum Gasteiger partial charge on any atom is 0.308 e. The highest BCUT2D eigenvalue weighted by molar-refractivity contribution is 5.81. The molecule has 1 aromatic carbocycles. The molecule has 23 heavy (non-hydrogen) atoms. The van der Waals surface area contributed by atoms with Crippen molar-refractivity contribution < 1.29 is 14.7 Å². The number of benzene rings is 1. The summed E-state index contributed by atoms with van der Waals surface area (Å²) in [6, 6.07) is 8.76. The second kappa shape index (κ2) is 6.15. The summed E-state index contributed by atoms with van der Waals surface area (Å²) in [6.07, 6.45) is 0.480. The first-order valence-electron chi connectivity index (χ1n) is 7.43. The third-order valence-electron chi connectivity index (χ3n) is 4.01. The molecule has 0 unspecified atom stereocenters. The van der Waals surface area contributed by atoms with Gasteiger partial charge in [-0.25, -0.2) is 0 Å². The summed E-state index contributed by atoms with van der Waals surface area (Å²) in [6.45, 7) is 2.37. The standard InChI is InChI=1S/C15H17N5O3/c1-10(14(21)19-8-7-12(9-19)15(22)23)20-17-13(16-18-20)11-5-3-2-4-6-11/h2-6,10,12H,7-9H2,1H3,(H,22,23)/t10-,12+/m0/s1. The lowest BCUT2D eigenvalue weighted by molar-refractivity contribution is -0.141. The van der Waals surface area contributed by atoms with E-state index in [4.69, 9.17) is 5.11 Å². The summed E-state index contributed by atoms with van der Waals surface area (Å²) in [5.41, 5.74) is 0.825. The lowest BCUT2D eigenvalue weighted by atomic mass is 10.1. The zero-order chi connectivity index (χ0) is 16.4. The molecule has 1 saturated heterocycles. The number of amides is 1. The van der Waals surface area contributed by atoms with Crippen LogP contribution in [0.4, 0.5) is 0 Å². The van der Waals surface area contributed by atoms with Gasteiger partial charge in [-0.05, 0) is 18.6 Å². The fourth-order valence-electron chi connectivity index (χ4n) is 2.62. The van der Waals surface area contributed by atoms with Gasteiger partial charge in [0, 0.05) is 18.7 Å². The number of aliphatic carboxylic acids is 1. The molecule has 0 saturated carbocycles. The van der Waals surface area contributed by atoms with Crippen molar-refractivity contribution in [2.24, 2.45) is 5.92 Å². The van der Waals surface area contributed by atoms with Crippen molar-refractivity contribution in [3.05, 3.63) is 30.3 Å². The molecule has 1 aliphatic heterocycles. The maximum absolute atomic E-state index is 12.5. The van der Waals surface area contributed by atoms with Crippen LogP contribution in [0.25, 0.3) is 11.4 Å². The fourth-order valence-corrected chi connectivity index (χ4v) is 2.62. The van der Waals surface area contributed by atoms with Crippen LogP contribution in [-0.4, -0.2) is 55.2 Å². The van der Waals surface area contributed by atoms with Crippen molar-refractivity contribution >= 4 is 11.9 Å². The largest absolute Gasteiger partial charge is 0.481 e. The number of hydrogen-bond donors (Lipinski definition) is 1. The first-order chi connectivity index (χ1) is 11.1. The van der Waals surface area contributed by atoms with E-state index < -0.39 is 17.9 Å². The number of rotatable bonds is 4. The highest BCUT2D eigenvalue weighted by atomic mass is 16.4. The molecule has 0 spiro atoms. The van der Waals surface area contributed by atoms with Gasteiger partial charge in [0.05, 0.1) is 5.92 Å². The minimum absolute atomic E-state index is 0.189. The molecule has 120 valence electrons. The van der Waals surface area contributed by atoms with Crippen LogP contribution in [-0.2, 0) is 9.59 Å². The Labute approximate surface area is 132 Å². The van der Waals surface area contributed by atoms with Gasteiger partial charge < -0.3 is 10.0 Å². The molecule has 1 aromatic heterocycles. The monoisotopic (exact) mass is 315 g/mol. The predicted molar refractivity (Wildman–Crippen MR) is 80.3 cm³/mol. The van der Waals surface area contributed by atoms with Gasteiger partial charge in [-0.1, -0.05) is 30.3 Å². The summed E-state index contributed by atoms with van der Waals surface area (Å²) < 4.78 is 0. The summed E-state index contributed by atoms with van der Waals surface area (Å²) in [5.74, 6) is -1.09. The van der Waals surface area contributed by atoms with Crippen LogP contribution in [0.1, 0.15) is 19.4 Å². The van der Waals surface area contributed by atoms with Gasteiger partial charge in [0.15, 0.2) is 0 Å². The molecule has 2 atom stereocenters. The van der Waals surface area contributed by atoms with Gasteiger partial charge in [0.1, 0.15) is 6.04 Å². The van der Waals surface area contributed by atoms with E-state index in [9.17, 15) is 9.59 Å². The van der Waals surface area contributed by atoms with E-state index in [0.717, 1.165) is 5.56 Å². The summed E-state index contributed by atoms with van der Waals surface area (Å²) >= 11 is 0. The van der Waals surface area contributed by atoms with E-state index in [2.05, 4.69) is 15.4 Å². The van der Waals surface area contributed by atoms with Crippen LogP contribution in [0, 0.1) is 5.92 Å². The number of carbonyl (C=O) groups is 2. The molecule has 1 amide bonds. The molecular weight excluding hydrogens is 298 g/mol. The molecule has 1 aliphatic rings. The third kappa shape index (κ3) is 3.05. The number of carboxylic acids is 1. The van der Waals surface area contributed by atoms with Crippen molar-refractivity contribution in [1.82, 2.24) is 25.1 Å². The molecule has 3 rings (SSSR count). The molecule has 1 N–H and O–H groups in total. The Morgan fingerprint density at radius 1 is 1.30 bits per heavy atom. The van der Waals surface area contributed by atoms with Gasteiger partial charge in [-0.3, -0.25) is 9.59 Å². The van der Waals surface area contributed by atoms with Crippen LogP contribution >= 0.6 is 0 Å². The van der Waals surface area contributed by atoms with E-state index in [-0.39, 0.29) is 12.5 Å². The minimum atomic E-state index is -0.863. The van der Waals surface area contributed by atoms with E-state index in [1.807, 2.05) is 30.3 Å². The number of hydrogen-bond acceptors (Lipinski definition) is 5. The lowest BCUT2D eigenvalue weighted by Gasteiger charge is -2.19. The second-order valence-electron chi connectivity index (χ2n) is 5.58. The molecular formula is C15H17N5O3. The molecule has 0 radical (unpaired) electrons. The number of aromatic nitrogens is 4. The molecule has 0 aliphatic carbocycles. The van der Waals surface area contributed by atoms with Crippen LogP contribution in [0.5, 0.6) is 0 Å². The number of carbonyl (C=O) groups excluding carboxylic acids is 1. The Morgan fingerprint density at radius 2 is 2.04 bits per heavy atom. The van der Waals surface area contributed by atoms with Crippen molar-refractivity contribution in [2.75, 3.05) is 13.1 Å². The molecule has 2 aromatic rings. The maximum atomic E-state index is 12.5. The van der Waals surface area contributed by atoms with Crippen molar-refractivity contribution in [2.45, 2.75) is 19.4 Å². The number of likely N-dealkylation sites (tertiary alicyclic amines) is 1. The fraction of sp³-hybridized carbons (Fsp3) is 0.400. The van der Waals surface area contributed by atoms with Crippen LogP contribution in [0.3, 0.4) is 0 Å². The van der Waals surface area contributed by atoms with Crippen molar-refractivity contribution in [3.8, 4) is 11.4 Å². The SMILES string of the molecule is C[C@@H](C(=O)N1CC[C@@H](C(=O)O)C1)n1nnc(-c2ccccc2)n1. The van der Waals surface area contributed by atoms with E-state index in [1.54, 1.807) is 11.8 Å². The normalized spacial score (nSPS) is 18.8. The first-order valence-corrected chi connectivity index (χ1v) is 7.43. The minimum Gasteiger partial charge on any atom is -0.481 e. The second-order valence-corrected chi connectivity index (χ2v) is 5.58. The summed E-state index contributed by atoms with van der Waals surface area (Å²) in [5, 5.41) is 21.2. The Balaban J connectivity index is 1.71. The van der Waals surface area contributed by atoms with Gasteiger partial charge in [0.2, 0.25) is 11.7 Å². The van der Waals surface area contributed by atoms with Gasteiger partial charge in [-0.15, -0.1) is 10.2 Å². The van der Waals surface area contributed by atoms with Crippen molar-refractivity contribution in [3.63, 3.8) is 0 Å². The molecule has 8 heteroatoms. The Bertz CT molecular complexity index is 715. The Morgan fingerprint density at radius 3 is 2.70 bits per heavy atom. The number of carboxylic acid groups (broad SMARTS) is 1. The predicted octanol–water partition coefficient (Wildman–Crippen LogP) is 0.834. The van der Waals surface area contributed by atoms with E-state index >= 15 is 0 Å². The lowest BCUT2D eigenvalue weighted by Crippen LogP contribution is -2.36. The highest BCUT2D eigenvalue weighted by Gasteiger charge is 2.33. The quantitative estimate of drug-likeness (QED) is 0.897. The molecule has 0 bridgehead atoms. The third-order valence-corrected chi connectivity index (χ3v) is 4.01. The molecule has 1 fully saturated rings. The zero-order valence-corrected chi connectivity index (χ0v) is 12.7. The van der Waals surface area contributed by atoms with Crippen LogP contribution < -0.4 is 0 Å². The Hall–Kier alpha value is -2.77. The topological polar surface area (TPSA) is 101 Å².